The molecule has 3 heteroatoms. The van der Waals surface area contributed by atoms with Crippen molar-refractivity contribution in [2.75, 3.05) is 7.11 Å². The zero-order chi connectivity index (χ0) is 14.1. The van der Waals surface area contributed by atoms with Gasteiger partial charge in [-0.15, -0.1) is 0 Å². The van der Waals surface area contributed by atoms with Crippen molar-refractivity contribution in [2.45, 2.75) is 42.9 Å². The summed E-state index contributed by atoms with van der Waals surface area (Å²) in [7, 11) is 1.71. The van der Waals surface area contributed by atoms with E-state index in [1.165, 1.54) is 17.6 Å². The van der Waals surface area contributed by atoms with Crippen molar-refractivity contribution >= 4 is 0 Å². The summed E-state index contributed by atoms with van der Waals surface area (Å²) in [6.45, 7) is 0. The molecule has 0 amide bonds. The normalized spacial score (nSPS) is 39.5. The van der Waals surface area contributed by atoms with E-state index in [1.54, 1.807) is 7.11 Å². The third-order valence-electron chi connectivity index (χ3n) is 5.65. The second-order valence-electron chi connectivity index (χ2n) is 6.66. The summed E-state index contributed by atoms with van der Waals surface area (Å²) in [5.74, 6) is 0.909. The number of hydrogen-bond acceptors (Lipinski definition) is 3. The fraction of sp³-hybridized carbons (Fsp3) is 0.444. The molecule has 1 aromatic rings. The third-order valence-corrected chi connectivity index (χ3v) is 5.65. The van der Waals surface area contributed by atoms with Crippen LogP contribution in [0.3, 0.4) is 0 Å². The molecule has 3 atom stereocenters. The van der Waals surface area contributed by atoms with Crippen LogP contribution in [0, 0.1) is 0 Å². The van der Waals surface area contributed by atoms with Crippen LogP contribution in [0.25, 0.3) is 0 Å². The Bertz CT molecular complexity index is 662. The molecule has 5 rings (SSSR count). The molecule has 4 aliphatic rings. The van der Waals surface area contributed by atoms with Crippen LogP contribution in [-0.4, -0.2) is 23.8 Å². The Labute approximate surface area is 124 Å². The van der Waals surface area contributed by atoms with Gasteiger partial charge in [0.2, 0.25) is 0 Å². The molecule has 3 heterocycles. The number of allylic oxidation sites excluding steroid dienone is 1. The van der Waals surface area contributed by atoms with Crippen LogP contribution in [0.2, 0.25) is 0 Å². The molecule has 3 aliphatic heterocycles. The van der Waals surface area contributed by atoms with Crippen LogP contribution in [0.15, 0.2) is 48.1 Å². The predicted molar refractivity (Wildman–Crippen MR) is 79.8 cm³/mol. The highest BCUT2D eigenvalue weighted by Crippen LogP contribution is 2.63. The molecular weight excluding hydrogens is 262 g/mol. The van der Waals surface area contributed by atoms with Crippen molar-refractivity contribution in [1.82, 2.24) is 5.06 Å². The number of hydrogen-bond donors (Lipinski definition) is 0. The second-order valence-corrected chi connectivity index (χ2v) is 6.66. The van der Waals surface area contributed by atoms with E-state index in [1.807, 2.05) is 0 Å². The lowest BCUT2D eigenvalue weighted by Crippen LogP contribution is -2.50. The van der Waals surface area contributed by atoms with Gasteiger partial charge in [-0.3, -0.25) is 4.84 Å². The minimum Gasteiger partial charge on any atom is -0.497 e. The smallest absolute Gasteiger partial charge is 0.118 e. The lowest BCUT2D eigenvalue weighted by atomic mass is 9.76. The summed E-state index contributed by atoms with van der Waals surface area (Å²) in [5.41, 5.74) is 2.85. The van der Waals surface area contributed by atoms with E-state index in [-0.39, 0.29) is 11.1 Å². The van der Waals surface area contributed by atoms with Crippen molar-refractivity contribution < 1.29 is 9.57 Å². The number of benzene rings is 1. The van der Waals surface area contributed by atoms with Crippen LogP contribution in [0.4, 0.5) is 0 Å². The average Bonchev–Trinajstić information content (AvgIpc) is 3.08. The Morgan fingerprint density at radius 2 is 2.10 bits per heavy atom. The monoisotopic (exact) mass is 281 g/mol. The standard InChI is InChI=1S/C18H19NO2/c1-20-15-7-5-13(6-8-15)18-10-14-4-2-3-9-17(14)11-16(12-18)21-19(17)18/h2,4-8,10,16H,3,9,11-12H2,1H3/t16?,17-,18?/m0/s1. The number of methoxy groups -OCH3 is 1. The van der Waals surface area contributed by atoms with Gasteiger partial charge in [0, 0.05) is 12.8 Å². The highest BCUT2D eigenvalue weighted by molar-refractivity contribution is 5.50. The van der Waals surface area contributed by atoms with Gasteiger partial charge in [-0.2, -0.15) is 5.06 Å². The topological polar surface area (TPSA) is 21.7 Å². The Morgan fingerprint density at radius 1 is 1.24 bits per heavy atom. The van der Waals surface area contributed by atoms with E-state index >= 15 is 0 Å². The fourth-order valence-electron chi connectivity index (χ4n) is 4.79. The quantitative estimate of drug-likeness (QED) is 0.830. The van der Waals surface area contributed by atoms with Gasteiger partial charge in [-0.05, 0) is 36.1 Å². The van der Waals surface area contributed by atoms with Crippen molar-refractivity contribution in [2.24, 2.45) is 0 Å². The second kappa shape index (κ2) is 3.79. The third kappa shape index (κ3) is 1.32. The Hall–Kier alpha value is -1.58. The minimum atomic E-state index is -0.0702. The first kappa shape index (κ1) is 12.0. The van der Waals surface area contributed by atoms with Gasteiger partial charge in [0.05, 0.1) is 24.3 Å². The average molecular weight is 281 g/mol. The molecule has 2 saturated heterocycles. The maximum atomic E-state index is 6.25. The Kier molecular flexibility index (Phi) is 2.17. The van der Waals surface area contributed by atoms with Crippen molar-refractivity contribution in [3.05, 3.63) is 53.6 Å². The molecule has 108 valence electrons. The molecule has 0 aromatic heterocycles. The number of nitrogens with zero attached hydrogens (tertiary/aromatic N) is 1. The maximum Gasteiger partial charge on any atom is 0.118 e. The van der Waals surface area contributed by atoms with Crippen LogP contribution in [-0.2, 0) is 10.4 Å². The van der Waals surface area contributed by atoms with Crippen molar-refractivity contribution in [3.63, 3.8) is 0 Å². The van der Waals surface area contributed by atoms with Gasteiger partial charge >= 0.3 is 0 Å². The largest absolute Gasteiger partial charge is 0.497 e. The van der Waals surface area contributed by atoms with Gasteiger partial charge in [0.25, 0.3) is 0 Å². The molecule has 0 saturated carbocycles. The SMILES string of the molecule is COc1ccc(C23C=C4C=CCC[C@]45CC(C2)ON35)cc1. The highest BCUT2D eigenvalue weighted by Gasteiger charge is 2.67. The van der Waals surface area contributed by atoms with Gasteiger partial charge < -0.3 is 4.74 Å². The number of rotatable bonds is 2. The summed E-state index contributed by atoms with van der Waals surface area (Å²) < 4.78 is 5.29. The Morgan fingerprint density at radius 3 is 2.86 bits per heavy atom. The molecule has 2 bridgehead atoms. The first-order chi connectivity index (χ1) is 10.3. The van der Waals surface area contributed by atoms with Gasteiger partial charge in [-0.25, -0.2) is 0 Å². The van der Waals surface area contributed by atoms with Crippen LogP contribution >= 0.6 is 0 Å². The first-order valence-corrected chi connectivity index (χ1v) is 7.78. The van der Waals surface area contributed by atoms with Gasteiger partial charge in [0.15, 0.2) is 0 Å². The summed E-state index contributed by atoms with van der Waals surface area (Å²) in [5, 5.41) is 2.32. The number of fused-ring (bicyclic) bond motifs is 1. The lowest BCUT2D eigenvalue weighted by Gasteiger charge is -2.42. The van der Waals surface area contributed by atoms with E-state index < -0.39 is 0 Å². The van der Waals surface area contributed by atoms with Crippen LogP contribution in [0.1, 0.15) is 31.2 Å². The molecule has 21 heavy (non-hydrogen) atoms. The lowest BCUT2D eigenvalue weighted by molar-refractivity contribution is -0.170. The molecule has 0 radical (unpaired) electrons. The summed E-state index contributed by atoms with van der Waals surface area (Å²) in [6.07, 6.45) is 12.0. The molecule has 1 spiro atoms. The van der Waals surface area contributed by atoms with E-state index in [9.17, 15) is 0 Å². The van der Waals surface area contributed by atoms with Crippen LogP contribution in [0.5, 0.6) is 5.75 Å². The summed E-state index contributed by atoms with van der Waals surface area (Å²) in [4.78, 5) is 6.25. The molecule has 2 fully saturated rings. The molecule has 3 nitrogen and oxygen atoms in total. The van der Waals surface area contributed by atoms with Crippen molar-refractivity contribution in [3.8, 4) is 5.75 Å². The molecule has 2 unspecified atom stereocenters. The zero-order valence-electron chi connectivity index (χ0n) is 12.2. The predicted octanol–water partition coefficient (Wildman–Crippen LogP) is 3.33. The number of ether oxygens (including phenoxy) is 1. The Balaban J connectivity index is 1.66. The summed E-state index contributed by atoms with van der Waals surface area (Å²) >= 11 is 0. The van der Waals surface area contributed by atoms with E-state index in [0.29, 0.717) is 6.10 Å². The first-order valence-electron chi connectivity index (χ1n) is 7.78. The molecule has 1 aromatic carbocycles. The number of piperidine rings is 1. The maximum absolute atomic E-state index is 6.25. The van der Waals surface area contributed by atoms with Gasteiger partial charge in [0.1, 0.15) is 5.75 Å². The highest BCUT2D eigenvalue weighted by atomic mass is 16.7. The van der Waals surface area contributed by atoms with E-state index in [0.717, 1.165) is 25.0 Å². The summed E-state index contributed by atoms with van der Waals surface area (Å²) in [6, 6.07) is 8.49. The van der Waals surface area contributed by atoms with E-state index in [2.05, 4.69) is 47.6 Å². The fourth-order valence-corrected chi connectivity index (χ4v) is 4.79. The molecule has 0 N–H and O–H groups in total. The van der Waals surface area contributed by atoms with E-state index in [4.69, 9.17) is 9.57 Å². The number of hydroxylamine groups is 2. The zero-order valence-corrected chi connectivity index (χ0v) is 12.2. The minimum absolute atomic E-state index is 0.0702. The van der Waals surface area contributed by atoms with Crippen LogP contribution < -0.4 is 4.74 Å². The molecular formula is C18H19NO2. The van der Waals surface area contributed by atoms with Gasteiger partial charge in [-0.1, -0.05) is 30.4 Å². The molecule has 1 aliphatic carbocycles. The van der Waals surface area contributed by atoms with Crippen molar-refractivity contribution in [1.29, 1.82) is 0 Å².